The zero-order valence-electron chi connectivity index (χ0n) is 10.6. The van der Waals surface area contributed by atoms with Gasteiger partial charge in [-0.1, -0.05) is 54.1 Å². The van der Waals surface area contributed by atoms with Crippen molar-refractivity contribution in [3.63, 3.8) is 0 Å². The number of pyridine rings is 1. The van der Waals surface area contributed by atoms with Crippen molar-refractivity contribution in [2.45, 2.75) is 6.54 Å². The van der Waals surface area contributed by atoms with E-state index in [0.29, 0.717) is 11.7 Å². The molecule has 0 atom stereocenters. The van der Waals surface area contributed by atoms with Crippen LogP contribution in [0.5, 0.6) is 0 Å². The Morgan fingerprint density at radius 1 is 1.25 bits per heavy atom. The summed E-state index contributed by atoms with van der Waals surface area (Å²) < 4.78 is 0. The third kappa shape index (κ3) is 4.10. The first-order valence-corrected chi connectivity index (χ1v) is 6.37. The first-order chi connectivity index (χ1) is 9.65. The maximum Gasteiger partial charge on any atom is 0.404 e. The minimum Gasteiger partial charge on any atom is -0.465 e. The summed E-state index contributed by atoms with van der Waals surface area (Å²) in [6, 6.07) is 11.3. The first kappa shape index (κ1) is 14.1. The lowest BCUT2D eigenvalue weighted by atomic mass is 10.1. The smallest absolute Gasteiger partial charge is 0.404 e. The lowest BCUT2D eigenvalue weighted by Crippen LogP contribution is -2.19. The van der Waals surface area contributed by atoms with E-state index < -0.39 is 6.09 Å². The van der Waals surface area contributed by atoms with Crippen molar-refractivity contribution in [3.8, 4) is 0 Å². The van der Waals surface area contributed by atoms with Crippen LogP contribution >= 0.6 is 11.6 Å². The van der Waals surface area contributed by atoms with Crippen LogP contribution < -0.4 is 5.32 Å². The second-order valence-electron chi connectivity index (χ2n) is 4.12. The molecule has 0 aliphatic heterocycles. The molecule has 4 nitrogen and oxygen atoms in total. The molecule has 0 radical (unpaired) electrons. The number of hydrogen-bond acceptors (Lipinski definition) is 2. The predicted molar refractivity (Wildman–Crippen MR) is 79.5 cm³/mol. The van der Waals surface area contributed by atoms with Gasteiger partial charge in [-0.2, -0.15) is 0 Å². The Labute approximate surface area is 121 Å². The number of amides is 1. The van der Waals surface area contributed by atoms with Crippen LogP contribution in [0.3, 0.4) is 0 Å². The summed E-state index contributed by atoms with van der Waals surface area (Å²) in [5, 5.41) is 11.3. The summed E-state index contributed by atoms with van der Waals surface area (Å²) in [5.74, 6) is 0. The van der Waals surface area contributed by atoms with Crippen molar-refractivity contribution in [2.75, 3.05) is 0 Å². The van der Waals surface area contributed by atoms with Crippen molar-refractivity contribution in [1.29, 1.82) is 0 Å². The van der Waals surface area contributed by atoms with Crippen LogP contribution in [0.15, 0.2) is 42.6 Å². The fourth-order valence-corrected chi connectivity index (χ4v) is 1.82. The zero-order chi connectivity index (χ0) is 14.4. The summed E-state index contributed by atoms with van der Waals surface area (Å²) in [5.41, 5.74) is 2.76. The Kier molecular flexibility index (Phi) is 4.74. The predicted octanol–water partition coefficient (Wildman–Crippen LogP) is 3.67. The van der Waals surface area contributed by atoms with Crippen LogP contribution in [0.2, 0.25) is 5.15 Å². The molecule has 102 valence electrons. The monoisotopic (exact) mass is 288 g/mol. The highest BCUT2D eigenvalue weighted by Crippen LogP contribution is 2.15. The van der Waals surface area contributed by atoms with Gasteiger partial charge in [0.05, 0.1) is 0 Å². The highest BCUT2D eigenvalue weighted by Gasteiger charge is 1.97. The van der Waals surface area contributed by atoms with Gasteiger partial charge >= 0.3 is 6.09 Å². The standard InChI is InChI=1S/C15H13ClN2O2/c16-14-13(2-1-9-17-14)8-7-11-3-5-12(6-4-11)10-18-15(19)20/h1-9,18H,10H2,(H,19,20)/b8-7+. The van der Waals surface area contributed by atoms with Crippen molar-refractivity contribution in [1.82, 2.24) is 10.3 Å². The van der Waals surface area contributed by atoms with Crippen molar-refractivity contribution >= 4 is 29.8 Å². The van der Waals surface area contributed by atoms with Gasteiger partial charge in [0.25, 0.3) is 0 Å². The number of rotatable bonds is 4. The normalized spacial score (nSPS) is 10.7. The van der Waals surface area contributed by atoms with Crippen LogP contribution in [-0.2, 0) is 6.54 Å². The molecule has 0 unspecified atom stereocenters. The molecule has 0 bridgehead atoms. The molecular weight excluding hydrogens is 276 g/mol. The average molecular weight is 289 g/mol. The van der Waals surface area contributed by atoms with E-state index in [9.17, 15) is 4.79 Å². The number of halogens is 1. The maximum absolute atomic E-state index is 10.4. The van der Waals surface area contributed by atoms with Crippen LogP contribution in [0.1, 0.15) is 16.7 Å². The van der Waals surface area contributed by atoms with Gasteiger partial charge < -0.3 is 10.4 Å². The minimum atomic E-state index is -1.03. The molecule has 2 aromatic rings. The van der Waals surface area contributed by atoms with Gasteiger partial charge in [-0.15, -0.1) is 0 Å². The van der Waals surface area contributed by atoms with Crippen LogP contribution in [0.4, 0.5) is 4.79 Å². The number of nitrogens with one attached hydrogen (secondary N) is 1. The second kappa shape index (κ2) is 6.73. The lowest BCUT2D eigenvalue weighted by Gasteiger charge is -2.02. The molecule has 0 saturated heterocycles. The van der Waals surface area contributed by atoms with Crippen molar-refractivity contribution in [2.24, 2.45) is 0 Å². The Morgan fingerprint density at radius 3 is 2.65 bits per heavy atom. The number of benzene rings is 1. The fourth-order valence-electron chi connectivity index (χ4n) is 1.63. The summed E-state index contributed by atoms with van der Waals surface area (Å²) in [7, 11) is 0. The molecule has 2 rings (SSSR count). The van der Waals surface area contributed by atoms with E-state index in [-0.39, 0.29) is 0 Å². The maximum atomic E-state index is 10.4. The van der Waals surface area contributed by atoms with Gasteiger partial charge in [0.2, 0.25) is 0 Å². The molecule has 5 heteroatoms. The average Bonchev–Trinajstić information content (AvgIpc) is 2.45. The van der Waals surface area contributed by atoms with Gasteiger partial charge in [-0.05, 0) is 17.2 Å². The molecule has 1 heterocycles. The second-order valence-corrected chi connectivity index (χ2v) is 4.48. The third-order valence-electron chi connectivity index (χ3n) is 2.67. The fraction of sp³-hybridized carbons (Fsp3) is 0.0667. The SMILES string of the molecule is O=C(O)NCc1ccc(/C=C/c2cccnc2Cl)cc1. The van der Waals surface area contributed by atoms with Gasteiger partial charge in [0.15, 0.2) is 0 Å². The van der Waals surface area contributed by atoms with Crippen molar-refractivity contribution < 1.29 is 9.90 Å². The van der Waals surface area contributed by atoms with Gasteiger partial charge in [0, 0.05) is 18.3 Å². The molecule has 0 aliphatic carbocycles. The van der Waals surface area contributed by atoms with Crippen LogP contribution in [0.25, 0.3) is 12.2 Å². The van der Waals surface area contributed by atoms with Gasteiger partial charge in [-0.3, -0.25) is 0 Å². The van der Waals surface area contributed by atoms with E-state index in [1.54, 1.807) is 6.20 Å². The summed E-state index contributed by atoms with van der Waals surface area (Å²) in [6.07, 6.45) is 4.43. The van der Waals surface area contributed by atoms with E-state index in [1.165, 1.54) is 0 Å². The highest BCUT2D eigenvalue weighted by atomic mass is 35.5. The van der Waals surface area contributed by atoms with E-state index in [4.69, 9.17) is 16.7 Å². The van der Waals surface area contributed by atoms with E-state index in [0.717, 1.165) is 16.7 Å². The Morgan fingerprint density at radius 2 is 2.00 bits per heavy atom. The molecule has 1 aromatic carbocycles. The summed E-state index contributed by atoms with van der Waals surface area (Å²) in [4.78, 5) is 14.4. The number of aromatic nitrogens is 1. The van der Waals surface area contributed by atoms with Crippen LogP contribution in [-0.4, -0.2) is 16.2 Å². The molecule has 0 fully saturated rings. The topological polar surface area (TPSA) is 62.2 Å². The van der Waals surface area contributed by atoms with Gasteiger partial charge in [0.1, 0.15) is 5.15 Å². The molecule has 0 aliphatic rings. The number of nitrogens with zero attached hydrogens (tertiary/aromatic N) is 1. The number of carbonyl (C=O) groups is 1. The molecule has 0 spiro atoms. The zero-order valence-corrected chi connectivity index (χ0v) is 11.3. The Balaban J connectivity index is 2.04. The first-order valence-electron chi connectivity index (χ1n) is 5.99. The number of carboxylic acid groups (broad SMARTS) is 1. The minimum absolute atomic E-state index is 0.299. The summed E-state index contributed by atoms with van der Waals surface area (Å²) >= 11 is 5.96. The summed E-state index contributed by atoms with van der Waals surface area (Å²) in [6.45, 7) is 0.299. The van der Waals surface area contributed by atoms with E-state index in [2.05, 4.69) is 10.3 Å². The number of hydrogen-bond donors (Lipinski definition) is 2. The lowest BCUT2D eigenvalue weighted by molar-refractivity contribution is 0.194. The largest absolute Gasteiger partial charge is 0.465 e. The molecule has 20 heavy (non-hydrogen) atoms. The van der Waals surface area contributed by atoms with E-state index >= 15 is 0 Å². The Hall–Kier alpha value is -2.33. The molecule has 2 N–H and O–H groups in total. The van der Waals surface area contributed by atoms with E-state index in [1.807, 2.05) is 48.6 Å². The quantitative estimate of drug-likeness (QED) is 0.844. The van der Waals surface area contributed by atoms with Crippen LogP contribution in [0, 0.1) is 0 Å². The third-order valence-corrected chi connectivity index (χ3v) is 2.98. The Bertz CT molecular complexity index is 624. The van der Waals surface area contributed by atoms with Crippen molar-refractivity contribution in [3.05, 3.63) is 64.4 Å². The molecular formula is C15H13ClN2O2. The molecule has 1 amide bonds. The molecule has 0 saturated carbocycles. The van der Waals surface area contributed by atoms with Gasteiger partial charge in [-0.25, -0.2) is 9.78 Å². The molecule has 1 aromatic heterocycles. The highest BCUT2D eigenvalue weighted by molar-refractivity contribution is 6.30.